The van der Waals surface area contributed by atoms with Gasteiger partial charge >= 0.3 is 0 Å². The van der Waals surface area contributed by atoms with Gasteiger partial charge in [-0.15, -0.1) is 0 Å². The Bertz CT molecular complexity index is 2570. The van der Waals surface area contributed by atoms with Crippen molar-refractivity contribution in [2.75, 3.05) is 4.90 Å². The van der Waals surface area contributed by atoms with Gasteiger partial charge in [-0.3, -0.25) is 0 Å². The highest BCUT2D eigenvalue weighted by molar-refractivity contribution is 6.05. The molecule has 0 bridgehead atoms. The molecule has 9 rings (SSSR count). The molecule has 0 aliphatic carbocycles. The molecule has 3 heteroatoms. The van der Waals surface area contributed by atoms with E-state index in [0.717, 1.165) is 44.5 Å². The van der Waals surface area contributed by atoms with Crippen LogP contribution in [-0.4, -0.2) is 4.98 Å². The number of nitrogens with zero attached hydrogens (tertiary/aromatic N) is 2. The van der Waals surface area contributed by atoms with E-state index in [-0.39, 0.29) is 0 Å². The van der Waals surface area contributed by atoms with E-state index in [9.17, 15) is 0 Å². The monoisotopic (exact) mass is 640 g/mol. The maximum Gasteiger partial charge on any atom is 0.227 e. The predicted molar refractivity (Wildman–Crippen MR) is 208 cm³/mol. The van der Waals surface area contributed by atoms with Gasteiger partial charge < -0.3 is 9.32 Å². The molecule has 3 nitrogen and oxygen atoms in total. The summed E-state index contributed by atoms with van der Waals surface area (Å²) in [6.45, 7) is 0. The number of aromatic nitrogens is 1. The van der Waals surface area contributed by atoms with Crippen molar-refractivity contribution in [3.63, 3.8) is 0 Å². The Hall–Kier alpha value is -6.71. The molecule has 9 aromatic rings. The van der Waals surface area contributed by atoms with Gasteiger partial charge in [-0.25, -0.2) is 4.98 Å². The van der Waals surface area contributed by atoms with E-state index >= 15 is 0 Å². The standard InChI is InChI=1S/C47H32N2O/c1-4-12-33(13-5-1)37-18-10-19-38(30-37)35-22-25-41(26-23-35)49(42-21-11-20-39(31-42)34-14-6-2-7-15-34)43-27-28-44-40(32-43)24-29-45-46(44)48-47(50-45)36-16-8-3-9-17-36/h1-32H. The van der Waals surface area contributed by atoms with E-state index in [1.54, 1.807) is 0 Å². The van der Waals surface area contributed by atoms with E-state index in [1.807, 2.05) is 36.4 Å². The first-order valence-corrected chi connectivity index (χ1v) is 16.9. The Balaban J connectivity index is 1.14. The topological polar surface area (TPSA) is 29.3 Å². The summed E-state index contributed by atoms with van der Waals surface area (Å²) in [4.78, 5) is 7.26. The Kier molecular flexibility index (Phi) is 7.49. The van der Waals surface area contributed by atoms with E-state index in [4.69, 9.17) is 9.40 Å². The van der Waals surface area contributed by atoms with Crippen LogP contribution in [0.5, 0.6) is 0 Å². The van der Waals surface area contributed by atoms with Crippen molar-refractivity contribution in [3.8, 4) is 44.8 Å². The highest BCUT2D eigenvalue weighted by atomic mass is 16.3. The lowest BCUT2D eigenvalue weighted by molar-refractivity contribution is 0.620. The Morgan fingerprint density at radius 1 is 0.360 bits per heavy atom. The van der Waals surface area contributed by atoms with Gasteiger partial charge in [-0.05, 0) is 105 Å². The summed E-state index contributed by atoms with van der Waals surface area (Å²) in [7, 11) is 0. The molecule has 1 aromatic heterocycles. The fourth-order valence-corrected chi connectivity index (χ4v) is 6.76. The van der Waals surface area contributed by atoms with E-state index < -0.39 is 0 Å². The molecule has 0 fully saturated rings. The van der Waals surface area contributed by atoms with Gasteiger partial charge in [0.05, 0.1) is 0 Å². The third-order valence-electron chi connectivity index (χ3n) is 9.28. The molecule has 8 aromatic carbocycles. The molecule has 1 heterocycles. The second kappa shape index (κ2) is 12.7. The third kappa shape index (κ3) is 5.61. The fraction of sp³-hybridized carbons (Fsp3) is 0. The summed E-state index contributed by atoms with van der Waals surface area (Å²) in [6.07, 6.45) is 0. The molecule has 50 heavy (non-hydrogen) atoms. The highest BCUT2D eigenvalue weighted by Crippen LogP contribution is 2.40. The van der Waals surface area contributed by atoms with Crippen molar-refractivity contribution in [2.24, 2.45) is 0 Å². The molecular formula is C47H32N2O. The lowest BCUT2D eigenvalue weighted by atomic mass is 9.98. The van der Waals surface area contributed by atoms with Gasteiger partial charge in [-0.2, -0.15) is 0 Å². The van der Waals surface area contributed by atoms with Crippen LogP contribution in [0.1, 0.15) is 0 Å². The zero-order valence-corrected chi connectivity index (χ0v) is 27.3. The van der Waals surface area contributed by atoms with Gasteiger partial charge in [0.25, 0.3) is 0 Å². The molecule has 0 unspecified atom stereocenters. The van der Waals surface area contributed by atoms with Crippen LogP contribution in [0.3, 0.4) is 0 Å². The minimum Gasteiger partial charge on any atom is -0.436 e. The van der Waals surface area contributed by atoms with Crippen LogP contribution in [0.15, 0.2) is 199 Å². The summed E-state index contributed by atoms with van der Waals surface area (Å²) in [5, 5.41) is 2.16. The van der Waals surface area contributed by atoms with Gasteiger partial charge in [0, 0.05) is 28.0 Å². The number of benzene rings is 8. The van der Waals surface area contributed by atoms with Crippen molar-refractivity contribution >= 4 is 38.9 Å². The lowest BCUT2D eigenvalue weighted by Crippen LogP contribution is -2.10. The molecule has 0 atom stereocenters. The lowest BCUT2D eigenvalue weighted by Gasteiger charge is -2.26. The summed E-state index contributed by atoms with van der Waals surface area (Å²) in [6, 6.07) is 68.3. The number of hydrogen-bond donors (Lipinski definition) is 0. The minimum atomic E-state index is 0.630. The van der Waals surface area contributed by atoms with E-state index in [2.05, 4.69) is 163 Å². The van der Waals surface area contributed by atoms with Crippen LogP contribution in [0.2, 0.25) is 0 Å². The second-order valence-electron chi connectivity index (χ2n) is 12.4. The Morgan fingerprint density at radius 2 is 0.880 bits per heavy atom. The molecule has 0 amide bonds. The van der Waals surface area contributed by atoms with Crippen molar-refractivity contribution in [1.82, 2.24) is 4.98 Å². The van der Waals surface area contributed by atoms with Crippen molar-refractivity contribution in [2.45, 2.75) is 0 Å². The number of anilines is 3. The molecule has 0 spiro atoms. The van der Waals surface area contributed by atoms with Crippen LogP contribution in [0.4, 0.5) is 17.1 Å². The van der Waals surface area contributed by atoms with Crippen molar-refractivity contribution in [1.29, 1.82) is 0 Å². The van der Waals surface area contributed by atoms with Crippen LogP contribution < -0.4 is 4.90 Å². The molecule has 0 N–H and O–H groups in total. The smallest absolute Gasteiger partial charge is 0.227 e. The number of hydrogen-bond acceptors (Lipinski definition) is 3. The fourth-order valence-electron chi connectivity index (χ4n) is 6.76. The molecule has 0 saturated carbocycles. The molecule has 236 valence electrons. The molecule has 0 radical (unpaired) electrons. The number of oxazole rings is 1. The first-order chi connectivity index (χ1) is 24.8. The summed E-state index contributed by atoms with van der Waals surface area (Å²) < 4.78 is 6.19. The van der Waals surface area contributed by atoms with Gasteiger partial charge in [0.15, 0.2) is 5.58 Å². The summed E-state index contributed by atoms with van der Waals surface area (Å²) in [5.41, 5.74) is 13.0. The van der Waals surface area contributed by atoms with Gasteiger partial charge in [0.1, 0.15) is 5.52 Å². The van der Waals surface area contributed by atoms with Crippen molar-refractivity contribution in [3.05, 3.63) is 194 Å². The average molecular weight is 641 g/mol. The Labute approximate surface area is 291 Å². The van der Waals surface area contributed by atoms with E-state index in [0.29, 0.717) is 5.89 Å². The maximum absolute atomic E-state index is 6.19. The largest absolute Gasteiger partial charge is 0.436 e. The van der Waals surface area contributed by atoms with Crippen LogP contribution in [-0.2, 0) is 0 Å². The third-order valence-corrected chi connectivity index (χ3v) is 9.28. The number of fused-ring (bicyclic) bond motifs is 3. The number of rotatable bonds is 7. The normalized spacial score (nSPS) is 11.2. The Morgan fingerprint density at radius 3 is 1.54 bits per heavy atom. The predicted octanol–water partition coefficient (Wildman–Crippen LogP) is 13.1. The average Bonchev–Trinajstić information content (AvgIpc) is 3.65. The zero-order chi connectivity index (χ0) is 33.3. The summed E-state index contributed by atoms with van der Waals surface area (Å²) in [5.74, 6) is 0.630. The quantitative estimate of drug-likeness (QED) is 0.174. The molecule has 0 aliphatic heterocycles. The van der Waals surface area contributed by atoms with Gasteiger partial charge in [-0.1, -0.05) is 127 Å². The highest BCUT2D eigenvalue weighted by Gasteiger charge is 2.17. The SMILES string of the molecule is c1ccc(-c2cccc(-c3ccc(N(c4cccc(-c5ccccc5)c4)c4ccc5c(ccc6oc(-c7ccccc7)nc65)c4)cc3)c2)cc1. The first kappa shape index (κ1) is 29.4. The van der Waals surface area contributed by atoms with Crippen molar-refractivity contribution < 1.29 is 4.42 Å². The molecular weight excluding hydrogens is 609 g/mol. The van der Waals surface area contributed by atoms with E-state index in [1.165, 1.54) is 33.4 Å². The van der Waals surface area contributed by atoms with Crippen LogP contribution in [0, 0.1) is 0 Å². The van der Waals surface area contributed by atoms with Gasteiger partial charge in [0.2, 0.25) is 5.89 Å². The van der Waals surface area contributed by atoms with Crippen LogP contribution >= 0.6 is 0 Å². The molecule has 0 aliphatic rings. The van der Waals surface area contributed by atoms with Crippen LogP contribution in [0.25, 0.3) is 66.7 Å². The second-order valence-corrected chi connectivity index (χ2v) is 12.4. The first-order valence-electron chi connectivity index (χ1n) is 16.9. The minimum absolute atomic E-state index is 0.630. The maximum atomic E-state index is 6.19. The molecule has 0 saturated heterocycles. The summed E-state index contributed by atoms with van der Waals surface area (Å²) >= 11 is 0. The zero-order valence-electron chi connectivity index (χ0n) is 27.3.